The molecule has 4 heteroatoms. The summed E-state index contributed by atoms with van der Waals surface area (Å²) in [4.78, 5) is 11.1. The molecule has 0 spiro atoms. The molecule has 0 unspecified atom stereocenters. The fourth-order valence-corrected chi connectivity index (χ4v) is 2.66. The molecule has 0 radical (unpaired) electrons. The van der Waals surface area contributed by atoms with E-state index in [1.807, 2.05) is 17.7 Å². The minimum Gasteiger partial charge on any atom is -0.478 e. The molecule has 0 atom stereocenters. The number of fused-ring (bicyclic) bond motifs is 1. The van der Waals surface area contributed by atoms with Crippen molar-refractivity contribution in [2.75, 3.05) is 0 Å². The first-order valence-electron chi connectivity index (χ1n) is 7.77. The number of carboxylic acid groups (broad SMARTS) is 1. The first kappa shape index (κ1) is 16.1. The lowest BCUT2D eigenvalue weighted by molar-refractivity contribution is 0.0697. The van der Waals surface area contributed by atoms with Crippen LogP contribution in [0.15, 0.2) is 18.2 Å². The van der Waals surface area contributed by atoms with Crippen LogP contribution in [-0.2, 0) is 6.54 Å². The summed E-state index contributed by atoms with van der Waals surface area (Å²) in [5.41, 5.74) is 2.16. The van der Waals surface area contributed by atoms with Crippen LogP contribution in [0, 0.1) is 19.3 Å². The lowest BCUT2D eigenvalue weighted by atomic mass is 10.1. The summed E-state index contributed by atoms with van der Waals surface area (Å²) in [6.45, 7) is 2.78. The summed E-state index contributed by atoms with van der Waals surface area (Å²) >= 11 is 0. The fraction of sp³-hybridized carbons (Fsp3) is 0.444. The highest BCUT2D eigenvalue weighted by Crippen LogP contribution is 2.20. The van der Waals surface area contributed by atoms with E-state index in [2.05, 4.69) is 11.0 Å². The van der Waals surface area contributed by atoms with E-state index in [1.54, 1.807) is 12.1 Å². The molecule has 0 fully saturated rings. The zero-order valence-corrected chi connectivity index (χ0v) is 13.0. The van der Waals surface area contributed by atoms with E-state index in [-0.39, 0.29) is 0 Å². The molecule has 0 aliphatic heterocycles. The van der Waals surface area contributed by atoms with Crippen molar-refractivity contribution in [3.63, 3.8) is 0 Å². The highest BCUT2D eigenvalue weighted by molar-refractivity contribution is 5.93. The van der Waals surface area contributed by atoms with Gasteiger partial charge in [-0.2, -0.15) is 5.10 Å². The Morgan fingerprint density at radius 3 is 2.73 bits per heavy atom. The molecule has 0 saturated heterocycles. The number of aryl methyl sites for hydroxylation is 2. The fourth-order valence-electron chi connectivity index (χ4n) is 2.66. The summed E-state index contributed by atoms with van der Waals surface area (Å²) < 4.78 is 1.93. The van der Waals surface area contributed by atoms with Crippen LogP contribution in [0.4, 0.5) is 0 Å². The van der Waals surface area contributed by atoms with Crippen molar-refractivity contribution >= 4 is 16.9 Å². The van der Waals surface area contributed by atoms with Crippen LogP contribution in [-0.4, -0.2) is 20.9 Å². The summed E-state index contributed by atoms with van der Waals surface area (Å²) in [6.07, 6.45) is 11.7. The zero-order valence-electron chi connectivity index (χ0n) is 13.0. The summed E-state index contributed by atoms with van der Waals surface area (Å²) in [6, 6.07) is 5.19. The second kappa shape index (κ2) is 7.65. The van der Waals surface area contributed by atoms with Crippen LogP contribution in [0.1, 0.15) is 54.6 Å². The predicted molar refractivity (Wildman–Crippen MR) is 88.0 cm³/mol. The van der Waals surface area contributed by atoms with Crippen LogP contribution in [0.25, 0.3) is 10.9 Å². The van der Waals surface area contributed by atoms with Gasteiger partial charge >= 0.3 is 5.97 Å². The Bertz CT molecular complexity index is 695. The molecular formula is C18H22N2O2. The highest BCUT2D eigenvalue weighted by Gasteiger charge is 2.10. The number of rotatable bonds is 8. The molecule has 1 aromatic heterocycles. The Labute approximate surface area is 131 Å². The Balaban J connectivity index is 1.97. The van der Waals surface area contributed by atoms with Crippen molar-refractivity contribution in [2.24, 2.45) is 0 Å². The van der Waals surface area contributed by atoms with Crippen LogP contribution >= 0.6 is 0 Å². The molecule has 0 saturated carbocycles. The smallest absolute Gasteiger partial charge is 0.335 e. The quantitative estimate of drug-likeness (QED) is 0.591. The van der Waals surface area contributed by atoms with E-state index in [0.29, 0.717) is 5.56 Å². The number of carbonyl (C=O) groups is 1. The predicted octanol–water partition coefficient (Wildman–Crippen LogP) is 4.02. The second-order valence-corrected chi connectivity index (χ2v) is 5.57. The highest BCUT2D eigenvalue weighted by atomic mass is 16.4. The molecule has 1 aromatic carbocycles. The molecular weight excluding hydrogens is 276 g/mol. The maximum atomic E-state index is 11.1. The van der Waals surface area contributed by atoms with E-state index in [4.69, 9.17) is 11.5 Å². The van der Waals surface area contributed by atoms with Crippen LogP contribution < -0.4 is 0 Å². The van der Waals surface area contributed by atoms with Crippen molar-refractivity contribution in [1.29, 1.82) is 0 Å². The molecule has 22 heavy (non-hydrogen) atoms. The molecule has 116 valence electrons. The van der Waals surface area contributed by atoms with E-state index in [9.17, 15) is 4.79 Å². The van der Waals surface area contributed by atoms with E-state index >= 15 is 0 Å². The van der Waals surface area contributed by atoms with Gasteiger partial charge in [-0.05, 0) is 31.9 Å². The minimum atomic E-state index is -0.902. The van der Waals surface area contributed by atoms with Crippen molar-refractivity contribution in [2.45, 2.75) is 52.0 Å². The number of benzene rings is 1. The van der Waals surface area contributed by atoms with Crippen molar-refractivity contribution < 1.29 is 9.90 Å². The molecule has 1 heterocycles. The Morgan fingerprint density at radius 2 is 2.00 bits per heavy atom. The summed E-state index contributed by atoms with van der Waals surface area (Å²) in [5, 5.41) is 14.7. The first-order chi connectivity index (χ1) is 10.6. The summed E-state index contributed by atoms with van der Waals surface area (Å²) in [5.74, 6) is 1.76. The third-order valence-corrected chi connectivity index (χ3v) is 3.87. The minimum absolute atomic E-state index is 0.308. The van der Waals surface area contributed by atoms with Gasteiger partial charge in [-0.15, -0.1) is 12.3 Å². The van der Waals surface area contributed by atoms with Gasteiger partial charge in [-0.25, -0.2) is 4.79 Å². The zero-order chi connectivity index (χ0) is 15.9. The van der Waals surface area contributed by atoms with Gasteiger partial charge in [0.2, 0.25) is 0 Å². The van der Waals surface area contributed by atoms with Gasteiger partial charge in [0.05, 0.1) is 16.8 Å². The number of hydrogen-bond donors (Lipinski definition) is 1. The summed E-state index contributed by atoms with van der Waals surface area (Å²) in [7, 11) is 0. The molecule has 2 aromatic rings. The van der Waals surface area contributed by atoms with Gasteiger partial charge < -0.3 is 5.11 Å². The van der Waals surface area contributed by atoms with Gasteiger partial charge in [0.15, 0.2) is 0 Å². The Morgan fingerprint density at radius 1 is 1.27 bits per heavy atom. The van der Waals surface area contributed by atoms with Crippen molar-refractivity contribution in [3.05, 3.63) is 29.5 Å². The third-order valence-electron chi connectivity index (χ3n) is 3.87. The van der Waals surface area contributed by atoms with E-state index < -0.39 is 5.97 Å². The first-order valence-corrected chi connectivity index (χ1v) is 7.77. The Hall–Kier alpha value is -2.28. The third kappa shape index (κ3) is 3.88. The lowest BCUT2D eigenvalue weighted by Crippen LogP contribution is -2.02. The van der Waals surface area contributed by atoms with Crippen molar-refractivity contribution in [3.8, 4) is 12.3 Å². The molecule has 0 amide bonds. The molecule has 4 nitrogen and oxygen atoms in total. The van der Waals surface area contributed by atoms with Crippen LogP contribution in [0.3, 0.4) is 0 Å². The number of unbranched alkanes of at least 4 members (excludes halogenated alkanes) is 5. The maximum absolute atomic E-state index is 11.1. The van der Waals surface area contributed by atoms with Gasteiger partial charge in [0, 0.05) is 18.4 Å². The molecule has 0 bridgehead atoms. The van der Waals surface area contributed by atoms with E-state index in [1.165, 1.54) is 12.8 Å². The number of aromatic carboxylic acids is 1. The number of aromatic nitrogens is 2. The standard InChI is InChI=1S/C18H22N2O2/c1-3-4-5-6-7-8-9-12-20-17-13-15(18(21)22)10-11-16(17)14(2)19-20/h1,10-11,13H,4-9,12H2,2H3,(H,21,22). The van der Waals surface area contributed by atoms with E-state index in [0.717, 1.165) is 48.8 Å². The number of terminal acetylenes is 1. The van der Waals surface area contributed by atoms with Crippen LogP contribution in [0.2, 0.25) is 0 Å². The van der Waals surface area contributed by atoms with Crippen LogP contribution in [0.5, 0.6) is 0 Å². The molecule has 0 aliphatic carbocycles. The number of hydrogen-bond acceptors (Lipinski definition) is 2. The van der Waals surface area contributed by atoms with Gasteiger partial charge in [0.25, 0.3) is 0 Å². The average Bonchev–Trinajstić information content (AvgIpc) is 2.82. The van der Waals surface area contributed by atoms with Gasteiger partial charge in [-0.3, -0.25) is 4.68 Å². The Kier molecular flexibility index (Phi) is 5.60. The van der Waals surface area contributed by atoms with Crippen molar-refractivity contribution in [1.82, 2.24) is 9.78 Å². The topological polar surface area (TPSA) is 55.1 Å². The SMILES string of the molecule is C#CCCCCCCCn1nc(C)c2ccc(C(=O)O)cc21. The normalized spacial score (nSPS) is 10.7. The number of nitrogens with zero attached hydrogens (tertiary/aromatic N) is 2. The average molecular weight is 298 g/mol. The molecule has 2 rings (SSSR count). The molecule has 1 N–H and O–H groups in total. The second-order valence-electron chi connectivity index (χ2n) is 5.57. The monoisotopic (exact) mass is 298 g/mol. The largest absolute Gasteiger partial charge is 0.478 e. The lowest BCUT2D eigenvalue weighted by Gasteiger charge is -2.04. The van der Waals surface area contributed by atoms with Gasteiger partial charge in [0.1, 0.15) is 0 Å². The maximum Gasteiger partial charge on any atom is 0.335 e. The number of carboxylic acids is 1. The van der Waals surface area contributed by atoms with Gasteiger partial charge in [-0.1, -0.05) is 25.3 Å². The molecule has 0 aliphatic rings.